The molecule has 0 aliphatic carbocycles. The predicted octanol–water partition coefficient (Wildman–Crippen LogP) is 3.78. The van der Waals surface area contributed by atoms with Crippen LogP contribution in [0.15, 0.2) is 24.3 Å². The molecule has 0 saturated heterocycles. The van der Waals surface area contributed by atoms with Gasteiger partial charge in [0.25, 0.3) is 5.91 Å². The normalized spacial score (nSPS) is 11.9. The van der Waals surface area contributed by atoms with Crippen LogP contribution < -0.4 is 5.32 Å². The number of ether oxygens (including phenoxy) is 1. The van der Waals surface area contributed by atoms with Crippen LogP contribution in [0.5, 0.6) is 0 Å². The molecule has 5 nitrogen and oxygen atoms in total. The minimum atomic E-state index is -0.466. The van der Waals surface area contributed by atoms with Gasteiger partial charge < -0.3 is 14.6 Å². The molecular formula is C21H28N2O3. The highest BCUT2D eigenvalue weighted by atomic mass is 16.5. The van der Waals surface area contributed by atoms with E-state index >= 15 is 0 Å². The van der Waals surface area contributed by atoms with E-state index < -0.39 is 5.97 Å². The van der Waals surface area contributed by atoms with Gasteiger partial charge in [0.1, 0.15) is 0 Å². The number of carbonyl (C=O) groups is 2. The highest BCUT2D eigenvalue weighted by Crippen LogP contribution is 2.17. The number of benzene rings is 1. The standard InChI is InChI=1S/C21H28N2O3/c1-7-23-15(4)11-19(17(23)6)21(25)26-12-20(24)22-16(5)18-9-8-13(2)14(3)10-18/h8-11,16H,7,12H2,1-6H3,(H,22,24). The van der Waals surface area contributed by atoms with Gasteiger partial charge in [0.15, 0.2) is 6.61 Å². The van der Waals surface area contributed by atoms with Crippen molar-refractivity contribution in [2.45, 2.75) is 54.1 Å². The van der Waals surface area contributed by atoms with E-state index in [0.29, 0.717) is 5.56 Å². The van der Waals surface area contributed by atoms with Gasteiger partial charge in [0.2, 0.25) is 0 Å². The minimum absolute atomic E-state index is 0.148. The van der Waals surface area contributed by atoms with Crippen molar-refractivity contribution in [3.63, 3.8) is 0 Å². The molecule has 1 N–H and O–H groups in total. The molecule has 0 bridgehead atoms. The molecule has 140 valence electrons. The Balaban J connectivity index is 1.94. The van der Waals surface area contributed by atoms with Crippen molar-refractivity contribution < 1.29 is 14.3 Å². The summed E-state index contributed by atoms with van der Waals surface area (Å²) in [4.78, 5) is 24.4. The van der Waals surface area contributed by atoms with Gasteiger partial charge in [-0.05, 0) is 64.3 Å². The molecule has 1 atom stereocenters. The second-order valence-corrected chi connectivity index (χ2v) is 6.74. The second kappa shape index (κ2) is 8.21. The number of nitrogens with zero attached hydrogens (tertiary/aromatic N) is 1. The molecule has 26 heavy (non-hydrogen) atoms. The zero-order valence-corrected chi connectivity index (χ0v) is 16.5. The van der Waals surface area contributed by atoms with E-state index in [9.17, 15) is 9.59 Å². The van der Waals surface area contributed by atoms with E-state index in [2.05, 4.69) is 18.3 Å². The molecule has 2 rings (SSSR count). The predicted molar refractivity (Wildman–Crippen MR) is 102 cm³/mol. The maximum atomic E-state index is 12.3. The molecular weight excluding hydrogens is 328 g/mol. The van der Waals surface area contributed by atoms with Crippen molar-refractivity contribution in [2.75, 3.05) is 6.61 Å². The Labute approximate surface area is 155 Å². The van der Waals surface area contributed by atoms with Crippen molar-refractivity contribution in [3.05, 3.63) is 57.9 Å². The number of rotatable bonds is 6. The summed E-state index contributed by atoms with van der Waals surface area (Å²) in [7, 11) is 0. The molecule has 0 aliphatic rings. The number of hydrogen-bond acceptors (Lipinski definition) is 3. The first-order valence-corrected chi connectivity index (χ1v) is 8.95. The van der Waals surface area contributed by atoms with Crippen molar-refractivity contribution in [2.24, 2.45) is 0 Å². The van der Waals surface area contributed by atoms with Crippen LogP contribution in [0.1, 0.15) is 58.3 Å². The Morgan fingerprint density at radius 3 is 2.38 bits per heavy atom. The number of carbonyl (C=O) groups excluding carboxylic acids is 2. The first-order chi connectivity index (χ1) is 12.2. The molecule has 5 heteroatoms. The Hall–Kier alpha value is -2.56. The van der Waals surface area contributed by atoms with E-state index in [1.54, 1.807) is 6.07 Å². The summed E-state index contributed by atoms with van der Waals surface area (Å²) >= 11 is 0. The average molecular weight is 356 g/mol. The third-order valence-electron chi connectivity index (χ3n) is 4.85. The molecule has 1 unspecified atom stereocenters. The third-order valence-corrected chi connectivity index (χ3v) is 4.85. The van der Waals surface area contributed by atoms with Crippen LogP contribution in [-0.2, 0) is 16.1 Å². The summed E-state index contributed by atoms with van der Waals surface area (Å²) in [5.74, 6) is -0.778. The molecule has 1 aromatic heterocycles. The Bertz CT molecular complexity index is 821. The van der Waals surface area contributed by atoms with Gasteiger partial charge in [0, 0.05) is 17.9 Å². The van der Waals surface area contributed by atoms with Gasteiger partial charge >= 0.3 is 5.97 Å². The Morgan fingerprint density at radius 2 is 1.81 bits per heavy atom. The first kappa shape index (κ1) is 19.8. The van der Waals surface area contributed by atoms with E-state index in [0.717, 1.165) is 23.5 Å². The minimum Gasteiger partial charge on any atom is -0.452 e. The lowest BCUT2D eigenvalue weighted by Crippen LogP contribution is -2.31. The lowest BCUT2D eigenvalue weighted by atomic mass is 10.0. The van der Waals surface area contributed by atoms with Crippen LogP contribution in [-0.4, -0.2) is 23.1 Å². The van der Waals surface area contributed by atoms with Gasteiger partial charge in [0.05, 0.1) is 11.6 Å². The quantitative estimate of drug-likeness (QED) is 0.802. The van der Waals surface area contributed by atoms with Crippen molar-refractivity contribution >= 4 is 11.9 Å². The van der Waals surface area contributed by atoms with Crippen LogP contribution in [0.4, 0.5) is 0 Å². The van der Waals surface area contributed by atoms with Crippen molar-refractivity contribution in [1.29, 1.82) is 0 Å². The first-order valence-electron chi connectivity index (χ1n) is 8.95. The smallest absolute Gasteiger partial charge is 0.340 e. The van der Waals surface area contributed by atoms with Gasteiger partial charge in [-0.3, -0.25) is 4.79 Å². The topological polar surface area (TPSA) is 60.3 Å². The number of esters is 1. The fourth-order valence-corrected chi connectivity index (χ4v) is 3.10. The lowest BCUT2D eigenvalue weighted by molar-refractivity contribution is -0.124. The highest BCUT2D eigenvalue weighted by molar-refractivity contribution is 5.92. The Kier molecular flexibility index (Phi) is 6.24. The molecule has 0 radical (unpaired) electrons. The molecule has 1 aromatic carbocycles. The van der Waals surface area contributed by atoms with Gasteiger partial charge in [-0.1, -0.05) is 18.2 Å². The monoisotopic (exact) mass is 356 g/mol. The third kappa shape index (κ3) is 4.34. The molecule has 2 aromatic rings. The van der Waals surface area contributed by atoms with Crippen LogP contribution in [0.25, 0.3) is 0 Å². The van der Waals surface area contributed by atoms with E-state index in [1.807, 2.05) is 51.3 Å². The highest BCUT2D eigenvalue weighted by Gasteiger charge is 2.18. The number of aromatic nitrogens is 1. The molecule has 0 spiro atoms. The summed E-state index contributed by atoms with van der Waals surface area (Å²) in [5.41, 5.74) is 5.80. The maximum Gasteiger partial charge on any atom is 0.340 e. The summed E-state index contributed by atoms with van der Waals surface area (Å²) < 4.78 is 7.24. The van der Waals surface area contributed by atoms with Gasteiger partial charge in [-0.15, -0.1) is 0 Å². The SMILES string of the molecule is CCn1c(C)cc(C(=O)OCC(=O)NC(C)c2ccc(C)c(C)c2)c1C. The van der Waals surface area contributed by atoms with Crippen molar-refractivity contribution in [1.82, 2.24) is 9.88 Å². The van der Waals surface area contributed by atoms with Gasteiger partial charge in [-0.2, -0.15) is 0 Å². The number of amides is 1. The largest absolute Gasteiger partial charge is 0.452 e. The fourth-order valence-electron chi connectivity index (χ4n) is 3.10. The Morgan fingerprint density at radius 1 is 1.12 bits per heavy atom. The van der Waals surface area contributed by atoms with Crippen molar-refractivity contribution in [3.8, 4) is 0 Å². The molecule has 0 fully saturated rings. The molecule has 1 heterocycles. The van der Waals surface area contributed by atoms with Crippen LogP contribution in [0.2, 0.25) is 0 Å². The number of aryl methyl sites for hydroxylation is 3. The van der Waals surface area contributed by atoms with Crippen LogP contribution in [0.3, 0.4) is 0 Å². The summed E-state index contributed by atoms with van der Waals surface area (Å²) in [6.07, 6.45) is 0. The summed E-state index contributed by atoms with van der Waals surface area (Å²) in [5, 5.41) is 2.87. The maximum absolute atomic E-state index is 12.3. The second-order valence-electron chi connectivity index (χ2n) is 6.74. The average Bonchev–Trinajstić information content (AvgIpc) is 2.89. The zero-order valence-electron chi connectivity index (χ0n) is 16.5. The zero-order chi connectivity index (χ0) is 19.4. The van der Waals surface area contributed by atoms with E-state index in [4.69, 9.17) is 4.74 Å². The van der Waals surface area contributed by atoms with Crippen LogP contribution in [0, 0.1) is 27.7 Å². The molecule has 1 amide bonds. The van der Waals surface area contributed by atoms with E-state index in [1.165, 1.54) is 11.1 Å². The molecule has 0 aliphatic heterocycles. The molecule has 0 saturated carbocycles. The number of nitrogens with one attached hydrogen (secondary N) is 1. The van der Waals surface area contributed by atoms with Gasteiger partial charge in [-0.25, -0.2) is 4.79 Å². The lowest BCUT2D eigenvalue weighted by Gasteiger charge is -2.16. The number of hydrogen-bond donors (Lipinski definition) is 1. The van der Waals surface area contributed by atoms with E-state index in [-0.39, 0.29) is 18.6 Å². The summed E-state index contributed by atoms with van der Waals surface area (Å²) in [6, 6.07) is 7.75. The fraction of sp³-hybridized carbons (Fsp3) is 0.429. The summed E-state index contributed by atoms with van der Waals surface area (Å²) in [6.45, 7) is 12.4. The van der Waals surface area contributed by atoms with Crippen LogP contribution >= 0.6 is 0 Å².